The second-order valence-electron chi connectivity index (χ2n) is 4.89. The number of aromatic amines is 1. The van der Waals surface area contributed by atoms with E-state index < -0.39 is 0 Å². The smallest absolute Gasteiger partial charge is 0.133 e. The van der Waals surface area contributed by atoms with Crippen LogP contribution in [0.1, 0.15) is 42.6 Å². The lowest BCUT2D eigenvalue weighted by Crippen LogP contribution is -2.33. The van der Waals surface area contributed by atoms with Gasteiger partial charge in [0.05, 0.1) is 11.7 Å². The Bertz CT molecular complexity index is 491. The molecular formula is C13H18N4O. The number of H-pyrrole nitrogens is 1. The van der Waals surface area contributed by atoms with Crippen molar-refractivity contribution in [2.45, 2.75) is 38.8 Å². The molecule has 0 spiro atoms. The van der Waals surface area contributed by atoms with E-state index >= 15 is 0 Å². The maximum absolute atomic E-state index is 5.13. The Morgan fingerprint density at radius 2 is 2.44 bits per heavy atom. The van der Waals surface area contributed by atoms with E-state index in [1.165, 1.54) is 12.8 Å². The van der Waals surface area contributed by atoms with Crippen molar-refractivity contribution in [2.24, 2.45) is 0 Å². The predicted molar refractivity (Wildman–Crippen MR) is 66.8 cm³/mol. The van der Waals surface area contributed by atoms with E-state index in [-0.39, 0.29) is 0 Å². The Kier molecular flexibility index (Phi) is 3.15. The molecular weight excluding hydrogens is 228 g/mol. The highest BCUT2D eigenvalue weighted by Gasteiger charge is 2.26. The zero-order valence-electron chi connectivity index (χ0n) is 10.6. The normalized spacial score (nSPS) is 21.3. The van der Waals surface area contributed by atoms with Crippen molar-refractivity contribution in [1.82, 2.24) is 20.0 Å². The van der Waals surface area contributed by atoms with Crippen LogP contribution >= 0.6 is 0 Å². The number of imidazole rings is 1. The first-order valence-corrected chi connectivity index (χ1v) is 6.48. The molecule has 5 heteroatoms. The van der Waals surface area contributed by atoms with Crippen LogP contribution in [0.2, 0.25) is 0 Å². The molecule has 1 N–H and O–H groups in total. The molecule has 1 aliphatic rings. The number of hydrogen-bond acceptors (Lipinski definition) is 4. The van der Waals surface area contributed by atoms with E-state index in [0.717, 1.165) is 36.8 Å². The molecule has 1 atom stereocenters. The van der Waals surface area contributed by atoms with Gasteiger partial charge in [-0.05, 0) is 26.3 Å². The van der Waals surface area contributed by atoms with E-state index in [2.05, 4.69) is 20.0 Å². The molecule has 1 saturated heterocycles. The van der Waals surface area contributed by atoms with E-state index in [1.54, 1.807) is 0 Å². The monoisotopic (exact) mass is 246 g/mol. The van der Waals surface area contributed by atoms with Gasteiger partial charge in [-0.15, -0.1) is 0 Å². The molecule has 0 radical (unpaired) electrons. The number of aromatic nitrogens is 3. The van der Waals surface area contributed by atoms with E-state index in [4.69, 9.17) is 4.52 Å². The second-order valence-corrected chi connectivity index (χ2v) is 4.89. The third kappa shape index (κ3) is 2.31. The molecule has 1 unspecified atom stereocenters. The van der Waals surface area contributed by atoms with Gasteiger partial charge in [-0.2, -0.15) is 0 Å². The summed E-state index contributed by atoms with van der Waals surface area (Å²) in [6.07, 6.45) is 7.38. The highest BCUT2D eigenvalue weighted by atomic mass is 16.5. The first-order chi connectivity index (χ1) is 8.83. The van der Waals surface area contributed by atoms with Gasteiger partial charge in [-0.3, -0.25) is 4.90 Å². The van der Waals surface area contributed by atoms with Gasteiger partial charge in [-0.1, -0.05) is 11.6 Å². The van der Waals surface area contributed by atoms with Crippen LogP contribution in [0.4, 0.5) is 0 Å². The summed E-state index contributed by atoms with van der Waals surface area (Å²) in [5.74, 6) is 1.94. The molecule has 2 aromatic heterocycles. The molecule has 0 aliphatic carbocycles. The lowest BCUT2D eigenvalue weighted by atomic mass is 10.0. The largest absolute Gasteiger partial charge is 0.361 e. The van der Waals surface area contributed by atoms with Crippen LogP contribution in [0.25, 0.3) is 0 Å². The Balaban J connectivity index is 1.76. The third-order valence-corrected chi connectivity index (χ3v) is 3.49. The van der Waals surface area contributed by atoms with Crippen molar-refractivity contribution in [2.75, 3.05) is 6.54 Å². The first-order valence-electron chi connectivity index (χ1n) is 6.48. The van der Waals surface area contributed by atoms with Crippen LogP contribution < -0.4 is 0 Å². The molecule has 1 aliphatic heterocycles. The van der Waals surface area contributed by atoms with Crippen molar-refractivity contribution in [1.29, 1.82) is 0 Å². The third-order valence-electron chi connectivity index (χ3n) is 3.49. The summed E-state index contributed by atoms with van der Waals surface area (Å²) in [7, 11) is 0. The average molecular weight is 246 g/mol. The van der Waals surface area contributed by atoms with Crippen LogP contribution in [0.15, 0.2) is 23.0 Å². The predicted octanol–water partition coefficient (Wildman–Crippen LogP) is 2.43. The zero-order chi connectivity index (χ0) is 12.4. The summed E-state index contributed by atoms with van der Waals surface area (Å²) >= 11 is 0. The Hall–Kier alpha value is -1.62. The fourth-order valence-electron chi connectivity index (χ4n) is 2.65. The van der Waals surface area contributed by atoms with Gasteiger partial charge in [0.25, 0.3) is 0 Å². The summed E-state index contributed by atoms with van der Waals surface area (Å²) < 4.78 is 5.13. The van der Waals surface area contributed by atoms with Gasteiger partial charge in [-0.25, -0.2) is 4.98 Å². The van der Waals surface area contributed by atoms with Crippen molar-refractivity contribution >= 4 is 0 Å². The molecule has 2 aromatic rings. The number of piperidine rings is 1. The molecule has 0 bridgehead atoms. The molecule has 3 rings (SSSR count). The molecule has 0 aromatic carbocycles. The minimum Gasteiger partial charge on any atom is -0.361 e. The lowest BCUT2D eigenvalue weighted by Gasteiger charge is -2.33. The minimum absolute atomic E-state index is 0.380. The molecule has 0 amide bonds. The van der Waals surface area contributed by atoms with Crippen molar-refractivity contribution in [3.8, 4) is 0 Å². The van der Waals surface area contributed by atoms with Crippen LogP contribution in [-0.2, 0) is 6.54 Å². The van der Waals surface area contributed by atoms with Crippen LogP contribution in [0, 0.1) is 6.92 Å². The van der Waals surface area contributed by atoms with E-state index in [9.17, 15) is 0 Å². The average Bonchev–Trinajstić information content (AvgIpc) is 3.02. The number of nitrogens with one attached hydrogen (secondary N) is 1. The summed E-state index contributed by atoms with van der Waals surface area (Å²) in [5.41, 5.74) is 1.01. The zero-order valence-corrected chi connectivity index (χ0v) is 10.6. The number of rotatable bonds is 3. The molecule has 3 heterocycles. The maximum atomic E-state index is 5.13. The van der Waals surface area contributed by atoms with E-state index in [1.807, 2.05) is 25.4 Å². The molecule has 96 valence electrons. The number of hydrogen-bond donors (Lipinski definition) is 1. The maximum Gasteiger partial charge on any atom is 0.133 e. The molecule has 18 heavy (non-hydrogen) atoms. The van der Waals surface area contributed by atoms with Gasteiger partial charge in [0.15, 0.2) is 0 Å². The minimum atomic E-state index is 0.380. The second kappa shape index (κ2) is 4.94. The SMILES string of the molecule is Cc1cc(CN2CCCCC2c2ncc[nH]2)no1. The van der Waals surface area contributed by atoms with Crippen molar-refractivity contribution in [3.63, 3.8) is 0 Å². The molecule has 1 fully saturated rings. The first kappa shape index (κ1) is 11.5. The summed E-state index contributed by atoms with van der Waals surface area (Å²) in [4.78, 5) is 10.1. The van der Waals surface area contributed by atoms with Gasteiger partial charge < -0.3 is 9.51 Å². The summed E-state index contributed by atoms with van der Waals surface area (Å²) in [6.45, 7) is 3.86. The van der Waals surface area contributed by atoms with Crippen LogP contribution in [-0.4, -0.2) is 26.6 Å². The van der Waals surface area contributed by atoms with Gasteiger partial charge >= 0.3 is 0 Å². The quantitative estimate of drug-likeness (QED) is 0.903. The van der Waals surface area contributed by atoms with Crippen LogP contribution in [0.3, 0.4) is 0 Å². The Morgan fingerprint density at radius 3 is 3.17 bits per heavy atom. The summed E-state index contributed by atoms with van der Waals surface area (Å²) in [5, 5.41) is 4.08. The van der Waals surface area contributed by atoms with Crippen LogP contribution in [0.5, 0.6) is 0 Å². The van der Waals surface area contributed by atoms with Crippen molar-refractivity contribution in [3.05, 3.63) is 35.7 Å². The molecule has 0 saturated carbocycles. The lowest BCUT2D eigenvalue weighted by molar-refractivity contribution is 0.131. The standard InChI is InChI=1S/C13H18N4O/c1-10-8-11(16-18-10)9-17-7-3-2-4-12(17)13-14-5-6-15-13/h5-6,8,12H,2-4,7,9H2,1H3,(H,14,15). The highest BCUT2D eigenvalue weighted by molar-refractivity contribution is 5.05. The van der Waals surface area contributed by atoms with Gasteiger partial charge in [0, 0.05) is 25.0 Å². The number of likely N-dealkylation sites (tertiary alicyclic amines) is 1. The van der Waals surface area contributed by atoms with Gasteiger partial charge in [0.1, 0.15) is 11.6 Å². The fourth-order valence-corrected chi connectivity index (χ4v) is 2.65. The Morgan fingerprint density at radius 1 is 1.50 bits per heavy atom. The fraction of sp³-hybridized carbons (Fsp3) is 0.538. The summed E-state index contributed by atoms with van der Waals surface area (Å²) in [6, 6.07) is 2.39. The van der Waals surface area contributed by atoms with Crippen molar-refractivity contribution < 1.29 is 4.52 Å². The Labute approximate surface area is 106 Å². The topological polar surface area (TPSA) is 58.0 Å². The van der Waals surface area contributed by atoms with Gasteiger partial charge in [0.2, 0.25) is 0 Å². The number of nitrogens with zero attached hydrogens (tertiary/aromatic N) is 3. The number of aryl methyl sites for hydroxylation is 1. The highest BCUT2D eigenvalue weighted by Crippen LogP contribution is 2.29. The van der Waals surface area contributed by atoms with E-state index in [0.29, 0.717) is 6.04 Å². The molecule has 5 nitrogen and oxygen atoms in total.